The second-order valence-corrected chi connectivity index (χ2v) is 6.74. The summed E-state index contributed by atoms with van der Waals surface area (Å²) in [6, 6.07) is 12.5. The predicted molar refractivity (Wildman–Crippen MR) is 101 cm³/mol. The molecule has 0 radical (unpaired) electrons. The molecule has 6 nitrogen and oxygen atoms in total. The zero-order chi connectivity index (χ0) is 18.6. The van der Waals surface area contributed by atoms with Gasteiger partial charge >= 0.3 is 0 Å². The first-order chi connectivity index (χ1) is 11.8. The Bertz CT molecular complexity index is 776. The molecule has 0 atom stereocenters. The Morgan fingerprint density at radius 3 is 2.28 bits per heavy atom. The van der Waals surface area contributed by atoms with E-state index in [2.05, 4.69) is 0 Å². The number of hydrogen-bond acceptors (Lipinski definition) is 5. The average Bonchev–Trinajstić information content (AvgIpc) is 2.60. The molecule has 0 aromatic heterocycles. The maximum absolute atomic E-state index is 12.7. The molecule has 0 fully saturated rings. The summed E-state index contributed by atoms with van der Waals surface area (Å²) in [6.07, 6.45) is 1.87. The van der Waals surface area contributed by atoms with E-state index in [1.165, 1.54) is 22.7 Å². The third-order valence-electron chi connectivity index (χ3n) is 3.85. The van der Waals surface area contributed by atoms with Crippen molar-refractivity contribution in [1.29, 1.82) is 0 Å². The minimum atomic E-state index is -0.517. The third kappa shape index (κ3) is 4.51. The van der Waals surface area contributed by atoms with Gasteiger partial charge in [-0.05, 0) is 36.1 Å². The highest BCUT2D eigenvalue weighted by molar-refractivity contribution is 7.98. The molecule has 0 unspecified atom stereocenters. The minimum absolute atomic E-state index is 0.115. The number of hydrogen-bond donors (Lipinski definition) is 0. The molecule has 0 saturated carbocycles. The highest BCUT2D eigenvalue weighted by atomic mass is 32.2. The van der Waals surface area contributed by atoms with Crippen LogP contribution in [0.15, 0.2) is 47.4 Å². The van der Waals surface area contributed by atoms with E-state index in [1.807, 2.05) is 49.5 Å². The van der Waals surface area contributed by atoms with Crippen molar-refractivity contribution in [2.75, 3.05) is 32.3 Å². The van der Waals surface area contributed by atoms with Crippen molar-refractivity contribution in [1.82, 2.24) is 4.90 Å². The molecule has 0 aliphatic rings. The number of carbonyl (C=O) groups excluding carboxylic acids is 1. The quantitative estimate of drug-likeness (QED) is 0.447. The number of amides is 1. The Morgan fingerprint density at radius 1 is 1.12 bits per heavy atom. The Labute approximate surface area is 151 Å². The van der Waals surface area contributed by atoms with Crippen molar-refractivity contribution in [2.24, 2.45) is 0 Å². The van der Waals surface area contributed by atoms with Crippen molar-refractivity contribution in [3.05, 3.63) is 63.7 Å². The van der Waals surface area contributed by atoms with Gasteiger partial charge in [-0.1, -0.05) is 12.1 Å². The van der Waals surface area contributed by atoms with E-state index in [0.717, 1.165) is 16.1 Å². The smallest absolute Gasteiger partial charge is 0.282 e. The molecule has 0 heterocycles. The molecule has 2 aromatic carbocycles. The Hall–Kier alpha value is -2.54. The van der Waals surface area contributed by atoms with Gasteiger partial charge in [0.05, 0.1) is 4.92 Å². The number of anilines is 1. The molecule has 0 bridgehead atoms. The van der Waals surface area contributed by atoms with Crippen LogP contribution in [-0.2, 0) is 6.54 Å². The number of benzene rings is 2. The van der Waals surface area contributed by atoms with Crippen molar-refractivity contribution in [2.45, 2.75) is 11.4 Å². The van der Waals surface area contributed by atoms with Crippen molar-refractivity contribution >= 4 is 29.0 Å². The first kappa shape index (κ1) is 18.8. The van der Waals surface area contributed by atoms with Gasteiger partial charge in [-0.3, -0.25) is 14.9 Å². The Balaban J connectivity index is 2.23. The molecule has 0 spiro atoms. The van der Waals surface area contributed by atoms with Crippen LogP contribution in [0.5, 0.6) is 0 Å². The van der Waals surface area contributed by atoms with Gasteiger partial charge in [0.15, 0.2) is 0 Å². The van der Waals surface area contributed by atoms with Crippen LogP contribution in [0.25, 0.3) is 0 Å². The number of rotatable bonds is 6. The second kappa shape index (κ2) is 8.02. The van der Waals surface area contributed by atoms with Crippen LogP contribution in [0, 0.1) is 10.1 Å². The molecule has 0 N–H and O–H groups in total. The lowest BCUT2D eigenvalue weighted by atomic mass is 10.1. The summed E-state index contributed by atoms with van der Waals surface area (Å²) in [6.45, 7) is 0.382. The fourth-order valence-corrected chi connectivity index (χ4v) is 2.86. The fraction of sp³-hybridized carbons (Fsp3) is 0.278. The molecular formula is C18H21N3O3S. The molecule has 0 aliphatic heterocycles. The predicted octanol–water partition coefficient (Wildman–Crippen LogP) is 3.65. The zero-order valence-corrected chi connectivity index (χ0v) is 15.5. The van der Waals surface area contributed by atoms with Gasteiger partial charge in [0, 0.05) is 44.3 Å². The van der Waals surface area contributed by atoms with E-state index in [9.17, 15) is 14.9 Å². The number of thioether (sulfide) groups is 1. The van der Waals surface area contributed by atoms with Gasteiger partial charge < -0.3 is 9.80 Å². The van der Waals surface area contributed by atoms with Crippen molar-refractivity contribution in [3.8, 4) is 0 Å². The largest absolute Gasteiger partial charge is 0.378 e. The molecule has 2 rings (SSSR count). The SMILES string of the molecule is CSc1ccc([N+](=O)[O-])c(C(=O)N(C)Cc2ccc(N(C)C)cc2)c1. The maximum atomic E-state index is 12.7. The van der Waals surface area contributed by atoms with Gasteiger partial charge in [-0.2, -0.15) is 0 Å². The van der Waals surface area contributed by atoms with Crippen molar-refractivity contribution in [3.63, 3.8) is 0 Å². The van der Waals surface area contributed by atoms with E-state index >= 15 is 0 Å². The first-order valence-corrected chi connectivity index (χ1v) is 8.90. The summed E-state index contributed by atoms with van der Waals surface area (Å²) in [7, 11) is 5.57. The van der Waals surface area contributed by atoms with Crippen LogP contribution >= 0.6 is 11.8 Å². The zero-order valence-electron chi connectivity index (χ0n) is 14.7. The van der Waals surface area contributed by atoms with Crippen molar-refractivity contribution < 1.29 is 9.72 Å². The number of nitro groups is 1. The van der Waals surface area contributed by atoms with Crippen LogP contribution in [0.4, 0.5) is 11.4 Å². The highest BCUT2D eigenvalue weighted by Crippen LogP contribution is 2.26. The van der Waals surface area contributed by atoms with E-state index < -0.39 is 4.92 Å². The monoisotopic (exact) mass is 359 g/mol. The summed E-state index contributed by atoms with van der Waals surface area (Å²) in [4.78, 5) is 27.7. The van der Waals surface area contributed by atoms with Crippen LogP contribution in [0.3, 0.4) is 0 Å². The average molecular weight is 359 g/mol. The standard InChI is InChI=1S/C18H21N3O3S/c1-19(2)14-7-5-13(6-8-14)12-20(3)18(22)16-11-15(25-4)9-10-17(16)21(23)24/h5-11H,12H2,1-4H3. The van der Waals surface area contributed by atoms with E-state index in [0.29, 0.717) is 6.54 Å². The molecule has 132 valence electrons. The Morgan fingerprint density at radius 2 is 1.76 bits per heavy atom. The number of carbonyl (C=O) groups is 1. The minimum Gasteiger partial charge on any atom is -0.378 e. The number of nitro benzene ring substituents is 1. The van der Waals surface area contributed by atoms with Gasteiger partial charge in [0.1, 0.15) is 5.56 Å². The Kier molecular flexibility index (Phi) is 6.03. The normalized spacial score (nSPS) is 10.4. The number of nitrogens with zero attached hydrogens (tertiary/aromatic N) is 3. The summed E-state index contributed by atoms with van der Waals surface area (Å²) in [5.74, 6) is -0.362. The summed E-state index contributed by atoms with van der Waals surface area (Å²) in [5.41, 5.74) is 1.98. The van der Waals surface area contributed by atoms with E-state index in [1.54, 1.807) is 19.2 Å². The van der Waals surface area contributed by atoms with Gasteiger partial charge in [-0.25, -0.2) is 0 Å². The molecule has 25 heavy (non-hydrogen) atoms. The topological polar surface area (TPSA) is 66.7 Å². The molecule has 2 aromatic rings. The van der Waals surface area contributed by atoms with Crippen LogP contribution in [0.1, 0.15) is 15.9 Å². The van der Waals surface area contributed by atoms with E-state index in [4.69, 9.17) is 0 Å². The third-order valence-corrected chi connectivity index (χ3v) is 4.58. The summed E-state index contributed by atoms with van der Waals surface area (Å²) in [5, 5.41) is 11.2. The van der Waals surface area contributed by atoms with Crippen LogP contribution < -0.4 is 4.90 Å². The van der Waals surface area contributed by atoms with Crippen LogP contribution in [0.2, 0.25) is 0 Å². The summed E-state index contributed by atoms with van der Waals surface area (Å²) < 4.78 is 0. The van der Waals surface area contributed by atoms with Crippen LogP contribution in [-0.4, -0.2) is 43.1 Å². The molecule has 7 heteroatoms. The maximum Gasteiger partial charge on any atom is 0.282 e. The first-order valence-electron chi connectivity index (χ1n) is 7.67. The fourth-order valence-electron chi connectivity index (χ4n) is 2.42. The van der Waals surface area contributed by atoms with Gasteiger partial charge in [0.25, 0.3) is 11.6 Å². The lowest BCUT2D eigenvalue weighted by Crippen LogP contribution is -2.27. The molecular weight excluding hydrogens is 338 g/mol. The highest BCUT2D eigenvalue weighted by Gasteiger charge is 2.23. The summed E-state index contributed by atoms with van der Waals surface area (Å²) >= 11 is 1.44. The van der Waals surface area contributed by atoms with E-state index in [-0.39, 0.29) is 17.2 Å². The lowest BCUT2D eigenvalue weighted by molar-refractivity contribution is -0.385. The second-order valence-electron chi connectivity index (χ2n) is 5.86. The van der Waals surface area contributed by atoms with Gasteiger partial charge in [-0.15, -0.1) is 11.8 Å². The molecule has 0 aliphatic carbocycles. The van der Waals surface area contributed by atoms with Gasteiger partial charge in [0.2, 0.25) is 0 Å². The molecule has 1 amide bonds. The lowest BCUT2D eigenvalue weighted by Gasteiger charge is -2.19. The molecule has 0 saturated heterocycles.